The first-order valence-corrected chi connectivity index (χ1v) is 8.91. The minimum absolute atomic E-state index is 0.0523. The van der Waals surface area contributed by atoms with Crippen LogP contribution in [0.5, 0.6) is 0 Å². The molecular formula is C21H22N4O3. The maximum absolute atomic E-state index is 12.9. The van der Waals surface area contributed by atoms with Crippen LogP contribution in [0.3, 0.4) is 0 Å². The number of carbonyl (C=O) groups excluding carboxylic acids is 1. The molecule has 2 aromatic carbocycles. The molecule has 3 rings (SSSR count). The number of nitro groups is 1. The second-order valence-corrected chi connectivity index (χ2v) is 6.76. The largest absolute Gasteiger partial charge is 0.337 e. The van der Waals surface area contributed by atoms with Gasteiger partial charge in [-0.1, -0.05) is 24.3 Å². The number of nitro benzene ring substituents is 1. The summed E-state index contributed by atoms with van der Waals surface area (Å²) < 4.78 is 1.86. The smallest absolute Gasteiger partial charge is 0.273 e. The molecule has 0 aliphatic rings. The van der Waals surface area contributed by atoms with Gasteiger partial charge in [-0.2, -0.15) is 5.10 Å². The number of amides is 1. The van der Waals surface area contributed by atoms with Crippen molar-refractivity contribution >= 4 is 11.6 Å². The van der Waals surface area contributed by atoms with Gasteiger partial charge in [-0.05, 0) is 39.0 Å². The summed E-state index contributed by atoms with van der Waals surface area (Å²) in [6, 6.07) is 14.4. The summed E-state index contributed by atoms with van der Waals surface area (Å²) in [4.78, 5) is 25.2. The molecule has 144 valence electrons. The highest BCUT2D eigenvalue weighted by atomic mass is 16.6. The molecule has 0 N–H and O–H groups in total. The van der Waals surface area contributed by atoms with Crippen molar-refractivity contribution in [3.05, 3.63) is 86.7 Å². The van der Waals surface area contributed by atoms with Crippen LogP contribution >= 0.6 is 0 Å². The van der Waals surface area contributed by atoms with E-state index in [4.69, 9.17) is 0 Å². The topological polar surface area (TPSA) is 81.3 Å². The average molecular weight is 378 g/mol. The fourth-order valence-electron chi connectivity index (χ4n) is 3.29. The Hall–Kier alpha value is -3.48. The number of para-hydroxylation sites is 1. The summed E-state index contributed by atoms with van der Waals surface area (Å²) in [6.45, 7) is 5.85. The van der Waals surface area contributed by atoms with Crippen LogP contribution in [0, 0.1) is 30.9 Å². The first-order chi connectivity index (χ1) is 13.3. The zero-order valence-electron chi connectivity index (χ0n) is 16.3. The molecule has 0 saturated heterocycles. The molecule has 0 saturated carbocycles. The Morgan fingerprint density at radius 3 is 2.43 bits per heavy atom. The van der Waals surface area contributed by atoms with E-state index in [-0.39, 0.29) is 11.6 Å². The molecule has 7 heteroatoms. The SMILES string of the molecule is Cc1nn(-c2ccccc2)c(C)c1CN(C)C(=O)c1cccc([N+](=O)[O-])c1C. The van der Waals surface area contributed by atoms with Crippen LogP contribution in [0.4, 0.5) is 5.69 Å². The third kappa shape index (κ3) is 3.51. The van der Waals surface area contributed by atoms with Crippen molar-refractivity contribution in [1.82, 2.24) is 14.7 Å². The Bertz CT molecular complexity index is 1040. The molecule has 0 aliphatic carbocycles. The monoisotopic (exact) mass is 378 g/mol. The van der Waals surface area contributed by atoms with E-state index in [9.17, 15) is 14.9 Å². The zero-order valence-corrected chi connectivity index (χ0v) is 16.3. The molecule has 3 aromatic rings. The summed E-state index contributed by atoms with van der Waals surface area (Å²) in [5, 5.41) is 15.8. The first-order valence-electron chi connectivity index (χ1n) is 8.91. The van der Waals surface area contributed by atoms with Crippen molar-refractivity contribution in [3.8, 4) is 5.69 Å². The van der Waals surface area contributed by atoms with Crippen molar-refractivity contribution in [2.24, 2.45) is 0 Å². The summed E-state index contributed by atoms with van der Waals surface area (Å²) >= 11 is 0. The van der Waals surface area contributed by atoms with Gasteiger partial charge in [0.2, 0.25) is 0 Å². The molecule has 0 unspecified atom stereocenters. The lowest BCUT2D eigenvalue weighted by atomic mass is 10.1. The van der Waals surface area contributed by atoms with Crippen molar-refractivity contribution in [3.63, 3.8) is 0 Å². The lowest BCUT2D eigenvalue weighted by Crippen LogP contribution is -2.27. The maximum atomic E-state index is 12.9. The van der Waals surface area contributed by atoms with E-state index in [0.717, 1.165) is 22.6 Å². The van der Waals surface area contributed by atoms with Gasteiger partial charge in [0.05, 0.1) is 16.3 Å². The van der Waals surface area contributed by atoms with Crippen LogP contribution in [-0.4, -0.2) is 32.6 Å². The van der Waals surface area contributed by atoms with Gasteiger partial charge in [0.1, 0.15) is 0 Å². The Morgan fingerprint density at radius 2 is 1.79 bits per heavy atom. The minimum atomic E-state index is -0.468. The molecule has 1 aromatic heterocycles. The number of aryl methyl sites for hydroxylation is 1. The predicted molar refractivity (Wildman–Crippen MR) is 107 cm³/mol. The molecule has 28 heavy (non-hydrogen) atoms. The fraction of sp³-hybridized carbons (Fsp3) is 0.238. The average Bonchev–Trinajstić information content (AvgIpc) is 2.96. The van der Waals surface area contributed by atoms with Gasteiger partial charge in [0, 0.05) is 42.0 Å². The van der Waals surface area contributed by atoms with Gasteiger partial charge in [-0.25, -0.2) is 4.68 Å². The van der Waals surface area contributed by atoms with Crippen molar-refractivity contribution < 1.29 is 9.72 Å². The quantitative estimate of drug-likeness (QED) is 0.497. The van der Waals surface area contributed by atoms with Gasteiger partial charge >= 0.3 is 0 Å². The Morgan fingerprint density at radius 1 is 1.11 bits per heavy atom. The van der Waals surface area contributed by atoms with Crippen LogP contribution < -0.4 is 0 Å². The summed E-state index contributed by atoms with van der Waals surface area (Å²) in [7, 11) is 1.69. The number of rotatable bonds is 5. The molecule has 0 spiro atoms. The van der Waals surface area contributed by atoms with Gasteiger partial charge in [0.15, 0.2) is 0 Å². The van der Waals surface area contributed by atoms with E-state index < -0.39 is 4.92 Å². The summed E-state index contributed by atoms with van der Waals surface area (Å²) in [6.07, 6.45) is 0. The second-order valence-electron chi connectivity index (χ2n) is 6.76. The zero-order chi connectivity index (χ0) is 20.4. The molecule has 7 nitrogen and oxygen atoms in total. The van der Waals surface area contributed by atoms with E-state index in [0.29, 0.717) is 17.7 Å². The van der Waals surface area contributed by atoms with Crippen LogP contribution in [-0.2, 0) is 6.54 Å². The second kappa shape index (κ2) is 7.64. The first kappa shape index (κ1) is 19.3. The van der Waals surface area contributed by atoms with Gasteiger partial charge in [-0.3, -0.25) is 14.9 Å². The fourth-order valence-corrected chi connectivity index (χ4v) is 3.29. The minimum Gasteiger partial charge on any atom is -0.337 e. The van der Waals surface area contributed by atoms with Crippen molar-refractivity contribution in [2.45, 2.75) is 27.3 Å². The lowest BCUT2D eigenvalue weighted by molar-refractivity contribution is -0.385. The molecule has 0 fully saturated rings. The Balaban J connectivity index is 1.89. The normalized spacial score (nSPS) is 10.7. The third-order valence-electron chi connectivity index (χ3n) is 4.92. The number of aromatic nitrogens is 2. The highest BCUT2D eigenvalue weighted by Gasteiger charge is 2.22. The van der Waals surface area contributed by atoms with E-state index in [2.05, 4.69) is 5.10 Å². The number of hydrogen-bond donors (Lipinski definition) is 0. The molecule has 0 atom stereocenters. The molecule has 0 aliphatic heterocycles. The standard InChI is InChI=1S/C21H22N4O3/c1-14-18(11-8-12-20(14)25(27)28)21(26)23(4)13-19-15(2)22-24(16(19)3)17-9-6-5-7-10-17/h5-12H,13H2,1-4H3. The number of hydrogen-bond acceptors (Lipinski definition) is 4. The predicted octanol–water partition coefficient (Wildman–Crippen LogP) is 3.98. The number of carbonyl (C=O) groups is 1. The third-order valence-corrected chi connectivity index (χ3v) is 4.92. The van der Waals surface area contributed by atoms with Gasteiger partial charge in [-0.15, -0.1) is 0 Å². The van der Waals surface area contributed by atoms with Gasteiger partial charge < -0.3 is 4.90 Å². The molecule has 0 radical (unpaired) electrons. The molecule has 1 amide bonds. The van der Waals surface area contributed by atoms with E-state index in [1.165, 1.54) is 12.1 Å². The van der Waals surface area contributed by atoms with E-state index >= 15 is 0 Å². The number of benzene rings is 2. The number of nitrogens with zero attached hydrogens (tertiary/aromatic N) is 4. The van der Waals surface area contributed by atoms with Crippen LogP contribution in [0.25, 0.3) is 5.69 Å². The Kier molecular flexibility index (Phi) is 5.26. The van der Waals surface area contributed by atoms with E-state index in [1.54, 1.807) is 24.9 Å². The van der Waals surface area contributed by atoms with Gasteiger partial charge in [0.25, 0.3) is 11.6 Å². The Labute approximate surface area is 163 Å². The molecule has 0 bridgehead atoms. The summed E-state index contributed by atoms with van der Waals surface area (Å²) in [5.74, 6) is -0.257. The highest BCUT2D eigenvalue weighted by Crippen LogP contribution is 2.24. The van der Waals surface area contributed by atoms with Crippen LogP contribution in [0.1, 0.15) is 32.9 Å². The van der Waals surface area contributed by atoms with Crippen LogP contribution in [0.15, 0.2) is 48.5 Å². The van der Waals surface area contributed by atoms with E-state index in [1.807, 2.05) is 48.9 Å². The van der Waals surface area contributed by atoms with Crippen molar-refractivity contribution in [2.75, 3.05) is 7.05 Å². The van der Waals surface area contributed by atoms with Crippen molar-refractivity contribution in [1.29, 1.82) is 0 Å². The molecular weight excluding hydrogens is 356 g/mol. The summed E-state index contributed by atoms with van der Waals surface area (Å²) in [5.41, 5.74) is 4.38. The highest BCUT2D eigenvalue weighted by molar-refractivity contribution is 5.96. The molecule has 1 heterocycles. The van der Waals surface area contributed by atoms with Crippen LogP contribution in [0.2, 0.25) is 0 Å². The lowest BCUT2D eigenvalue weighted by Gasteiger charge is -2.19. The maximum Gasteiger partial charge on any atom is 0.273 e.